The van der Waals surface area contributed by atoms with Gasteiger partial charge in [-0.15, -0.1) is 11.3 Å². The van der Waals surface area contributed by atoms with E-state index in [4.69, 9.17) is 16.3 Å². The molecule has 126 valence electrons. The second-order valence-corrected chi connectivity index (χ2v) is 7.95. The molecule has 1 aliphatic rings. The van der Waals surface area contributed by atoms with E-state index in [0.717, 1.165) is 23.1 Å². The fourth-order valence-corrected chi connectivity index (χ4v) is 4.64. The molecule has 0 unspecified atom stereocenters. The molecule has 2 aromatic heterocycles. The molecule has 24 heavy (non-hydrogen) atoms. The first-order chi connectivity index (χ1) is 11.6. The van der Waals surface area contributed by atoms with Crippen LogP contribution in [0.3, 0.4) is 0 Å². The predicted molar refractivity (Wildman–Crippen MR) is 95.6 cm³/mol. The van der Waals surface area contributed by atoms with Crippen molar-refractivity contribution in [3.8, 4) is 0 Å². The lowest BCUT2D eigenvalue weighted by Crippen LogP contribution is -2.24. The van der Waals surface area contributed by atoms with Gasteiger partial charge < -0.3 is 14.4 Å². The monoisotopic (exact) mass is 386 g/mol. The summed E-state index contributed by atoms with van der Waals surface area (Å²) in [7, 11) is 0. The van der Waals surface area contributed by atoms with Gasteiger partial charge in [-0.05, 0) is 35.0 Å². The van der Waals surface area contributed by atoms with Gasteiger partial charge in [0.05, 0.1) is 33.6 Å². The van der Waals surface area contributed by atoms with E-state index in [2.05, 4.69) is 21.2 Å². The Morgan fingerprint density at radius 1 is 1.38 bits per heavy atom. The van der Waals surface area contributed by atoms with Crippen LogP contribution in [0.25, 0.3) is 10.9 Å². The summed E-state index contributed by atoms with van der Waals surface area (Å²) in [5.74, 6) is 0.495. The smallest absolute Gasteiger partial charge is 0.264 e. The lowest BCUT2D eigenvalue weighted by atomic mass is 10.0. The number of rotatable bonds is 5. The van der Waals surface area contributed by atoms with Crippen LogP contribution in [0.1, 0.15) is 23.5 Å². The lowest BCUT2D eigenvalue weighted by molar-refractivity contribution is 0.00854. The third kappa shape index (κ3) is 2.90. The van der Waals surface area contributed by atoms with Crippen LogP contribution in [0.2, 0.25) is 5.02 Å². The molecule has 1 saturated heterocycles. The molecule has 3 aromatic rings. The van der Waals surface area contributed by atoms with Crippen LogP contribution in [-0.4, -0.2) is 18.2 Å². The summed E-state index contributed by atoms with van der Waals surface area (Å²) in [5, 5.41) is 2.81. The highest BCUT2D eigenvalue weighted by Crippen LogP contribution is 2.39. The van der Waals surface area contributed by atoms with E-state index in [1.165, 1.54) is 29.8 Å². The van der Waals surface area contributed by atoms with Crippen LogP contribution in [0.15, 0.2) is 34.0 Å². The molecule has 4 rings (SSSR count). The highest BCUT2D eigenvalue weighted by Gasteiger charge is 2.22. The number of hydrogen-bond acceptors (Lipinski definition) is 4. The highest BCUT2D eigenvalue weighted by molar-refractivity contribution is 8.02. The Labute approximate surface area is 150 Å². The van der Waals surface area contributed by atoms with Gasteiger partial charge in [0.2, 0.25) is 0 Å². The van der Waals surface area contributed by atoms with E-state index in [1.807, 2.05) is 0 Å². The molecule has 0 radical (unpaired) electrons. The van der Waals surface area contributed by atoms with Crippen LogP contribution in [0.4, 0.5) is 14.5 Å². The maximum Gasteiger partial charge on any atom is 0.264 e. The second kappa shape index (κ2) is 6.55. The Hall–Kier alpha value is -1.28. The summed E-state index contributed by atoms with van der Waals surface area (Å²) >= 11 is 9.18. The molecule has 0 spiro atoms. The number of hydrogen-bond donors (Lipinski definition) is 2. The summed E-state index contributed by atoms with van der Waals surface area (Å²) in [6, 6.07) is 5.21. The van der Waals surface area contributed by atoms with Crippen LogP contribution < -0.4 is 4.72 Å². The predicted octanol–water partition coefficient (Wildman–Crippen LogP) is 6.05. The van der Waals surface area contributed by atoms with E-state index >= 15 is 0 Å². The third-order valence-corrected chi connectivity index (χ3v) is 6.24. The highest BCUT2D eigenvalue weighted by atomic mass is 35.5. The molecule has 0 aliphatic carbocycles. The molecular formula is C16H13ClF2N2OS2. The SMILES string of the molecule is FC(F)c1ccc(NSc2cc(C3COC3)cs2)c2[nH]cc(Cl)c12. The Bertz CT molecular complexity index is 876. The number of fused-ring (bicyclic) bond motifs is 1. The van der Waals surface area contributed by atoms with Crippen molar-refractivity contribution >= 4 is 51.5 Å². The number of alkyl halides is 2. The zero-order valence-corrected chi connectivity index (χ0v) is 14.7. The summed E-state index contributed by atoms with van der Waals surface area (Å²) in [4.78, 5) is 2.98. The van der Waals surface area contributed by atoms with E-state index in [1.54, 1.807) is 17.4 Å². The molecule has 8 heteroatoms. The van der Waals surface area contributed by atoms with E-state index in [9.17, 15) is 8.78 Å². The minimum absolute atomic E-state index is 0.0600. The van der Waals surface area contributed by atoms with Crippen molar-refractivity contribution < 1.29 is 13.5 Å². The standard InChI is InChI=1S/C16H13ClF2N2OS2/c17-11-4-20-15-12(2-1-10(14(11)15)16(18)19)21-24-13-3-8(7-23-13)9-5-22-6-9/h1-4,7,9,16,20-21H,5-6H2. The molecule has 2 N–H and O–H groups in total. The van der Waals surface area contributed by atoms with Crippen molar-refractivity contribution in [1.82, 2.24) is 4.98 Å². The van der Waals surface area contributed by atoms with Gasteiger partial charge in [-0.25, -0.2) is 8.78 Å². The van der Waals surface area contributed by atoms with Crippen molar-refractivity contribution in [3.63, 3.8) is 0 Å². The third-order valence-electron chi connectivity index (χ3n) is 4.02. The first-order valence-electron chi connectivity index (χ1n) is 7.30. The van der Waals surface area contributed by atoms with Crippen molar-refractivity contribution in [2.45, 2.75) is 16.6 Å². The van der Waals surface area contributed by atoms with Gasteiger partial charge >= 0.3 is 0 Å². The number of nitrogens with one attached hydrogen (secondary N) is 2. The quantitative estimate of drug-likeness (QED) is 0.524. The van der Waals surface area contributed by atoms with Gasteiger partial charge in [0.15, 0.2) is 0 Å². The van der Waals surface area contributed by atoms with Crippen molar-refractivity contribution in [3.05, 3.63) is 45.9 Å². The number of aromatic amines is 1. The van der Waals surface area contributed by atoms with Gasteiger partial charge in [0.25, 0.3) is 6.43 Å². The van der Waals surface area contributed by atoms with Gasteiger partial charge in [-0.2, -0.15) is 0 Å². The zero-order chi connectivity index (χ0) is 16.7. The number of aromatic nitrogens is 1. The largest absolute Gasteiger partial charge is 0.380 e. The number of ether oxygens (including phenoxy) is 1. The van der Waals surface area contributed by atoms with Crippen LogP contribution in [-0.2, 0) is 4.74 Å². The second-order valence-electron chi connectivity index (χ2n) is 5.53. The molecule has 0 atom stereocenters. The first kappa shape index (κ1) is 16.2. The number of halogens is 3. The normalized spacial score (nSPS) is 15.2. The van der Waals surface area contributed by atoms with Crippen LogP contribution >= 0.6 is 34.9 Å². The topological polar surface area (TPSA) is 37.0 Å². The molecule has 0 amide bonds. The molecule has 3 nitrogen and oxygen atoms in total. The first-order valence-corrected chi connectivity index (χ1v) is 9.37. The molecule has 0 saturated carbocycles. The van der Waals surface area contributed by atoms with E-state index in [-0.39, 0.29) is 5.56 Å². The van der Waals surface area contributed by atoms with E-state index < -0.39 is 6.43 Å². The van der Waals surface area contributed by atoms with Crippen LogP contribution in [0, 0.1) is 0 Å². The fraction of sp³-hybridized carbons (Fsp3) is 0.250. The Morgan fingerprint density at radius 3 is 2.92 bits per heavy atom. The molecule has 0 bridgehead atoms. The average Bonchev–Trinajstić information content (AvgIpc) is 3.11. The number of H-pyrrole nitrogens is 1. The molecule has 3 heterocycles. The number of thiophene rings is 1. The summed E-state index contributed by atoms with van der Waals surface area (Å²) in [5.41, 5.74) is 2.55. The van der Waals surface area contributed by atoms with Crippen molar-refractivity contribution in [2.75, 3.05) is 17.9 Å². The minimum Gasteiger partial charge on any atom is -0.380 e. The summed E-state index contributed by atoms with van der Waals surface area (Å²) in [6.45, 7) is 1.57. The number of benzene rings is 1. The number of anilines is 1. The van der Waals surface area contributed by atoms with Crippen molar-refractivity contribution in [1.29, 1.82) is 0 Å². The summed E-state index contributed by atoms with van der Waals surface area (Å²) < 4.78 is 35.9. The van der Waals surface area contributed by atoms with Gasteiger partial charge in [0, 0.05) is 23.1 Å². The van der Waals surface area contributed by atoms with Gasteiger partial charge in [0.1, 0.15) is 0 Å². The zero-order valence-electron chi connectivity index (χ0n) is 12.3. The van der Waals surface area contributed by atoms with E-state index in [0.29, 0.717) is 21.8 Å². The van der Waals surface area contributed by atoms with Crippen LogP contribution in [0.5, 0.6) is 0 Å². The molecular weight excluding hydrogens is 374 g/mol. The van der Waals surface area contributed by atoms with Gasteiger partial charge in [-0.3, -0.25) is 0 Å². The molecule has 1 fully saturated rings. The molecule has 1 aromatic carbocycles. The molecule has 1 aliphatic heterocycles. The Balaban J connectivity index is 1.56. The minimum atomic E-state index is -2.56. The maximum absolute atomic E-state index is 13.1. The fourth-order valence-electron chi connectivity index (χ4n) is 2.63. The van der Waals surface area contributed by atoms with Crippen molar-refractivity contribution in [2.24, 2.45) is 0 Å². The maximum atomic E-state index is 13.1. The average molecular weight is 387 g/mol. The Morgan fingerprint density at radius 2 is 2.21 bits per heavy atom. The van der Waals surface area contributed by atoms with Gasteiger partial charge in [-0.1, -0.05) is 17.7 Å². The Kier molecular flexibility index (Phi) is 4.42. The summed E-state index contributed by atoms with van der Waals surface area (Å²) in [6.07, 6.45) is -1.03. The lowest BCUT2D eigenvalue weighted by Gasteiger charge is -2.24.